The first-order valence-electron chi connectivity index (χ1n) is 3.87. The summed E-state index contributed by atoms with van der Waals surface area (Å²) in [6.45, 7) is 1.76. The third-order valence-corrected chi connectivity index (χ3v) is 2.74. The predicted molar refractivity (Wildman–Crippen MR) is 59.9 cm³/mol. The van der Waals surface area contributed by atoms with Gasteiger partial charge in [-0.05, 0) is 41.6 Å². The molecule has 0 unspecified atom stereocenters. The van der Waals surface area contributed by atoms with Gasteiger partial charge >= 0.3 is 5.63 Å². The molecule has 0 atom stereocenters. The Bertz CT molecular complexity index is 514. The average Bonchev–Trinajstić information content (AvgIpc) is 2.09. The molecule has 3 heteroatoms. The van der Waals surface area contributed by atoms with Crippen molar-refractivity contribution in [1.29, 1.82) is 0 Å². The largest absolute Gasteiger partial charge is 0.421 e. The molecule has 0 fully saturated rings. The molecular weight excluding hydrogens is 279 g/mol. The van der Waals surface area contributed by atoms with Crippen LogP contribution in [0.5, 0.6) is 0 Å². The number of benzene rings is 1. The first-order valence-corrected chi connectivity index (χ1v) is 4.95. The fourth-order valence-electron chi connectivity index (χ4n) is 1.21. The monoisotopic (exact) mass is 286 g/mol. The highest BCUT2D eigenvalue weighted by atomic mass is 127. The van der Waals surface area contributed by atoms with Crippen molar-refractivity contribution in [2.45, 2.75) is 6.92 Å². The lowest BCUT2D eigenvalue weighted by Gasteiger charge is -1.98. The summed E-state index contributed by atoms with van der Waals surface area (Å²) in [5, 5.41) is 0.976. The van der Waals surface area contributed by atoms with E-state index < -0.39 is 0 Å². The smallest absolute Gasteiger partial charge is 0.339 e. The van der Waals surface area contributed by atoms with Crippen LogP contribution in [-0.2, 0) is 0 Å². The highest BCUT2D eigenvalue weighted by Crippen LogP contribution is 2.19. The van der Waals surface area contributed by atoms with Crippen LogP contribution < -0.4 is 5.63 Å². The second-order valence-corrected chi connectivity index (χ2v) is 4.04. The SMILES string of the molecule is Cc1cc2cccc(I)c2oc1=O. The maximum absolute atomic E-state index is 11.2. The molecule has 0 radical (unpaired) electrons. The van der Waals surface area contributed by atoms with Crippen molar-refractivity contribution in [3.63, 3.8) is 0 Å². The second-order valence-electron chi connectivity index (χ2n) is 2.88. The van der Waals surface area contributed by atoms with Crippen LogP contribution in [-0.4, -0.2) is 0 Å². The minimum atomic E-state index is -0.253. The Morgan fingerprint density at radius 2 is 2.15 bits per heavy atom. The normalized spacial score (nSPS) is 10.6. The van der Waals surface area contributed by atoms with Crippen molar-refractivity contribution in [2.75, 3.05) is 0 Å². The summed E-state index contributed by atoms with van der Waals surface area (Å²) in [4.78, 5) is 11.2. The first-order chi connectivity index (χ1) is 6.18. The molecule has 0 aliphatic rings. The summed E-state index contributed by atoms with van der Waals surface area (Å²) in [7, 11) is 0. The molecule has 0 N–H and O–H groups in total. The molecule has 66 valence electrons. The molecule has 0 spiro atoms. The van der Waals surface area contributed by atoms with E-state index >= 15 is 0 Å². The number of hydrogen-bond acceptors (Lipinski definition) is 2. The maximum Gasteiger partial charge on any atom is 0.339 e. The molecule has 1 aromatic heterocycles. The zero-order chi connectivity index (χ0) is 9.42. The van der Waals surface area contributed by atoms with E-state index in [2.05, 4.69) is 22.6 Å². The van der Waals surface area contributed by atoms with Crippen molar-refractivity contribution in [3.05, 3.63) is 43.8 Å². The predicted octanol–water partition coefficient (Wildman–Crippen LogP) is 2.71. The van der Waals surface area contributed by atoms with Gasteiger partial charge in [0, 0.05) is 10.9 Å². The van der Waals surface area contributed by atoms with Gasteiger partial charge < -0.3 is 4.42 Å². The Kier molecular flexibility index (Phi) is 2.11. The Hall–Kier alpha value is -0.840. The van der Waals surface area contributed by atoms with Crippen LogP contribution in [0.15, 0.2) is 33.5 Å². The average molecular weight is 286 g/mol. The van der Waals surface area contributed by atoms with Gasteiger partial charge in [-0.25, -0.2) is 4.79 Å². The summed E-state index contributed by atoms with van der Waals surface area (Å²) in [6.07, 6.45) is 0. The minimum Gasteiger partial charge on any atom is -0.421 e. The topological polar surface area (TPSA) is 30.2 Å². The lowest BCUT2D eigenvalue weighted by molar-refractivity contribution is 0.553. The van der Waals surface area contributed by atoms with Crippen LogP contribution in [0.25, 0.3) is 11.0 Å². The van der Waals surface area contributed by atoms with Crippen molar-refractivity contribution in [2.24, 2.45) is 0 Å². The zero-order valence-corrected chi connectivity index (χ0v) is 9.16. The van der Waals surface area contributed by atoms with E-state index in [0.29, 0.717) is 11.1 Å². The molecule has 0 saturated heterocycles. The fraction of sp³-hybridized carbons (Fsp3) is 0.100. The van der Waals surface area contributed by atoms with Gasteiger partial charge in [0.15, 0.2) is 5.58 Å². The lowest BCUT2D eigenvalue weighted by Crippen LogP contribution is -2.02. The Morgan fingerprint density at radius 1 is 1.38 bits per heavy atom. The molecule has 0 aliphatic carbocycles. The fourth-order valence-corrected chi connectivity index (χ4v) is 1.84. The molecule has 13 heavy (non-hydrogen) atoms. The number of fused-ring (bicyclic) bond motifs is 1. The molecule has 1 heterocycles. The number of aryl methyl sites for hydroxylation is 1. The van der Waals surface area contributed by atoms with Crippen molar-refractivity contribution in [1.82, 2.24) is 0 Å². The highest BCUT2D eigenvalue weighted by molar-refractivity contribution is 14.1. The molecule has 2 aromatic rings. The Labute approximate surface area is 88.7 Å². The summed E-state index contributed by atoms with van der Waals surface area (Å²) in [5.74, 6) is 0. The Morgan fingerprint density at radius 3 is 2.92 bits per heavy atom. The molecular formula is C10H7IO2. The van der Waals surface area contributed by atoms with Crippen LogP contribution in [0, 0.1) is 10.5 Å². The molecule has 2 rings (SSSR count). The van der Waals surface area contributed by atoms with Crippen molar-refractivity contribution < 1.29 is 4.42 Å². The van der Waals surface area contributed by atoms with Gasteiger partial charge in [0.05, 0.1) is 3.57 Å². The van der Waals surface area contributed by atoms with Crippen LogP contribution in [0.1, 0.15) is 5.56 Å². The van der Waals surface area contributed by atoms with E-state index in [1.54, 1.807) is 6.92 Å². The molecule has 0 bridgehead atoms. The van der Waals surface area contributed by atoms with Crippen molar-refractivity contribution >= 4 is 33.6 Å². The van der Waals surface area contributed by atoms with Gasteiger partial charge in [0.25, 0.3) is 0 Å². The van der Waals surface area contributed by atoms with E-state index in [0.717, 1.165) is 8.96 Å². The second kappa shape index (κ2) is 3.14. The molecule has 2 nitrogen and oxygen atoms in total. The zero-order valence-electron chi connectivity index (χ0n) is 7.00. The Balaban J connectivity index is 2.97. The maximum atomic E-state index is 11.2. The molecule has 1 aromatic carbocycles. The van der Waals surface area contributed by atoms with Gasteiger partial charge in [0.2, 0.25) is 0 Å². The number of hydrogen-bond donors (Lipinski definition) is 0. The molecule has 0 saturated carbocycles. The first kappa shape index (κ1) is 8.74. The van der Waals surface area contributed by atoms with E-state index in [4.69, 9.17) is 4.42 Å². The van der Waals surface area contributed by atoms with Gasteiger partial charge in [-0.1, -0.05) is 12.1 Å². The quantitative estimate of drug-likeness (QED) is 0.550. The number of para-hydroxylation sites is 1. The van der Waals surface area contributed by atoms with Gasteiger partial charge in [-0.3, -0.25) is 0 Å². The molecule has 0 amide bonds. The lowest BCUT2D eigenvalue weighted by atomic mass is 10.2. The third-order valence-electron chi connectivity index (χ3n) is 1.89. The third kappa shape index (κ3) is 1.48. The van der Waals surface area contributed by atoms with Gasteiger partial charge in [0.1, 0.15) is 0 Å². The van der Waals surface area contributed by atoms with E-state index in [-0.39, 0.29) is 5.63 Å². The summed E-state index contributed by atoms with van der Waals surface area (Å²) < 4.78 is 6.13. The van der Waals surface area contributed by atoms with Gasteiger partial charge in [-0.2, -0.15) is 0 Å². The van der Waals surface area contributed by atoms with Crippen LogP contribution in [0.2, 0.25) is 0 Å². The number of rotatable bonds is 0. The number of halogens is 1. The summed E-state index contributed by atoms with van der Waals surface area (Å²) in [6, 6.07) is 7.65. The van der Waals surface area contributed by atoms with E-state index in [1.807, 2.05) is 24.3 Å². The highest BCUT2D eigenvalue weighted by Gasteiger charge is 2.03. The van der Waals surface area contributed by atoms with E-state index in [9.17, 15) is 4.79 Å². The van der Waals surface area contributed by atoms with E-state index in [1.165, 1.54) is 0 Å². The summed E-state index contributed by atoms with van der Waals surface area (Å²) in [5.41, 5.74) is 1.07. The standard InChI is InChI=1S/C10H7IO2/c1-6-5-7-3-2-4-8(11)9(7)13-10(6)12/h2-5H,1H3. The van der Waals surface area contributed by atoms with Crippen LogP contribution in [0.3, 0.4) is 0 Å². The van der Waals surface area contributed by atoms with Crippen LogP contribution in [0.4, 0.5) is 0 Å². The minimum absolute atomic E-state index is 0.253. The molecule has 0 aliphatic heterocycles. The van der Waals surface area contributed by atoms with Crippen molar-refractivity contribution in [3.8, 4) is 0 Å². The summed E-state index contributed by atoms with van der Waals surface area (Å²) >= 11 is 2.15. The van der Waals surface area contributed by atoms with Gasteiger partial charge in [-0.15, -0.1) is 0 Å². The van der Waals surface area contributed by atoms with Crippen LogP contribution >= 0.6 is 22.6 Å².